The van der Waals surface area contributed by atoms with Crippen LogP contribution in [0.2, 0.25) is 0 Å². The molecule has 2 unspecified atom stereocenters. The minimum atomic E-state index is -1.49. The molecule has 0 aromatic carbocycles. The van der Waals surface area contributed by atoms with E-state index in [0.717, 1.165) is 33.5 Å². The number of hydrogen-bond donors (Lipinski definition) is 1. The van der Waals surface area contributed by atoms with Gasteiger partial charge >= 0.3 is 0 Å². The molecule has 0 bridgehead atoms. The second-order valence-corrected chi connectivity index (χ2v) is 8.24. The van der Waals surface area contributed by atoms with E-state index in [9.17, 15) is 15.8 Å². The fourth-order valence-electron chi connectivity index (χ4n) is 3.67. The predicted molar refractivity (Wildman–Crippen MR) is 90.7 cm³/mol. The molecule has 0 aliphatic heterocycles. The molecule has 1 aromatic rings. The Bertz CT molecular complexity index is 829. The maximum absolute atomic E-state index is 9.83. The lowest BCUT2D eigenvalue weighted by molar-refractivity contribution is 0.321. The number of allylic oxidation sites excluding steroid dienone is 4. The monoisotopic (exact) mass is 384 g/mol. The highest BCUT2D eigenvalue weighted by molar-refractivity contribution is 9.11. The first-order valence-electron chi connectivity index (χ1n) is 7.27. The van der Waals surface area contributed by atoms with E-state index in [4.69, 9.17) is 5.73 Å². The molecule has 0 radical (unpaired) electrons. The van der Waals surface area contributed by atoms with Crippen molar-refractivity contribution in [3.05, 3.63) is 43.7 Å². The lowest BCUT2D eigenvalue weighted by Gasteiger charge is -2.42. The van der Waals surface area contributed by atoms with Crippen LogP contribution in [0.3, 0.4) is 0 Å². The van der Waals surface area contributed by atoms with E-state index in [1.54, 1.807) is 0 Å². The molecule has 2 aliphatic rings. The Morgan fingerprint density at radius 2 is 2.00 bits per heavy atom. The molecule has 2 atom stereocenters. The van der Waals surface area contributed by atoms with Crippen molar-refractivity contribution in [3.63, 3.8) is 0 Å². The minimum absolute atomic E-state index is 0.0180. The van der Waals surface area contributed by atoms with Gasteiger partial charge in [0.1, 0.15) is 6.07 Å². The molecule has 1 heterocycles. The summed E-state index contributed by atoms with van der Waals surface area (Å²) in [7, 11) is 0. The highest BCUT2D eigenvalue weighted by Crippen LogP contribution is 2.56. The van der Waals surface area contributed by atoms with E-state index in [1.165, 1.54) is 11.3 Å². The van der Waals surface area contributed by atoms with Gasteiger partial charge in [-0.1, -0.05) is 6.08 Å². The van der Waals surface area contributed by atoms with E-state index in [0.29, 0.717) is 5.57 Å². The molecule has 3 rings (SSSR count). The van der Waals surface area contributed by atoms with Gasteiger partial charge in [0.25, 0.3) is 0 Å². The third-order valence-corrected chi connectivity index (χ3v) is 6.41. The summed E-state index contributed by atoms with van der Waals surface area (Å²) >= 11 is 4.97. The molecule has 0 spiro atoms. The van der Waals surface area contributed by atoms with E-state index < -0.39 is 5.41 Å². The van der Waals surface area contributed by atoms with Gasteiger partial charge in [0.15, 0.2) is 5.41 Å². The Morgan fingerprint density at radius 1 is 1.26 bits per heavy atom. The Labute approximate surface area is 147 Å². The summed E-state index contributed by atoms with van der Waals surface area (Å²) in [6.07, 6.45) is 4.80. The van der Waals surface area contributed by atoms with Gasteiger partial charge in [0, 0.05) is 10.8 Å². The Hall–Kier alpha value is -2.07. The average Bonchev–Trinajstić information content (AvgIpc) is 3.00. The number of nitriles is 3. The largest absolute Gasteiger partial charge is 0.399 e. The Morgan fingerprint density at radius 3 is 2.57 bits per heavy atom. The van der Waals surface area contributed by atoms with Crippen LogP contribution in [0, 0.1) is 45.3 Å². The average molecular weight is 385 g/mol. The van der Waals surface area contributed by atoms with Crippen LogP contribution in [0.15, 0.2) is 38.8 Å². The molecular formula is C17H13BrN4S. The summed E-state index contributed by atoms with van der Waals surface area (Å²) in [5.74, 6) is -0.354. The SMILES string of the molecule is N#CC1=C(N)C(C#N)(C#N)C(c2ccc(Br)s2)C2CCCC=C12. The van der Waals surface area contributed by atoms with Crippen molar-refractivity contribution >= 4 is 27.3 Å². The van der Waals surface area contributed by atoms with Crippen molar-refractivity contribution in [3.8, 4) is 18.2 Å². The van der Waals surface area contributed by atoms with Crippen LogP contribution >= 0.6 is 27.3 Å². The summed E-state index contributed by atoms with van der Waals surface area (Å²) in [6.45, 7) is 0. The lowest BCUT2D eigenvalue weighted by atomic mass is 9.58. The second-order valence-electron chi connectivity index (χ2n) is 5.75. The fourth-order valence-corrected chi connectivity index (χ4v) is 5.33. The number of nitrogens with zero attached hydrogens (tertiary/aromatic N) is 3. The number of rotatable bonds is 1. The number of nitrogens with two attached hydrogens (primary N) is 1. The van der Waals surface area contributed by atoms with Crippen molar-refractivity contribution in [1.29, 1.82) is 15.8 Å². The Balaban J connectivity index is 2.33. The number of thiophene rings is 1. The lowest BCUT2D eigenvalue weighted by Crippen LogP contribution is -2.42. The van der Waals surface area contributed by atoms with Crippen LogP contribution in [0.4, 0.5) is 0 Å². The smallest absolute Gasteiger partial charge is 0.192 e. The van der Waals surface area contributed by atoms with E-state index >= 15 is 0 Å². The summed E-state index contributed by atoms with van der Waals surface area (Å²) in [5.41, 5.74) is 6.04. The van der Waals surface area contributed by atoms with Crippen LogP contribution in [-0.2, 0) is 0 Å². The highest BCUT2D eigenvalue weighted by atomic mass is 79.9. The van der Waals surface area contributed by atoms with E-state index in [-0.39, 0.29) is 17.5 Å². The number of fused-ring (bicyclic) bond motifs is 1. The number of hydrogen-bond acceptors (Lipinski definition) is 5. The van der Waals surface area contributed by atoms with Gasteiger partial charge in [-0.05, 0) is 58.8 Å². The Kier molecular flexibility index (Phi) is 4.02. The topological polar surface area (TPSA) is 97.4 Å². The van der Waals surface area contributed by atoms with Gasteiger partial charge in [0.2, 0.25) is 0 Å². The molecule has 6 heteroatoms. The zero-order valence-electron chi connectivity index (χ0n) is 12.2. The van der Waals surface area contributed by atoms with Crippen molar-refractivity contribution in [2.24, 2.45) is 17.1 Å². The summed E-state index contributed by atoms with van der Waals surface area (Å²) in [4.78, 5) is 0.956. The van der Waals surface area contributed by atoms with E-state index in [1.807, 2.05) is 18.2 Å². The van der Waals surface area contributed by atoms with Gasteiger partial charge in [0.05, 0.1) is 27.2 Å². The highest BCUT2D eigenvalue weighted by Gasteiger charge is 2.54. The molecule has 0 amide bonds. The van der Waals surface area contributed by atoms with Crippen molar-refractivity contribution < 1.29 is 0 Å². The van der Waals surface area contributed by atoms with Gasteiger partial charge < -0.3 is 5.73 Å². The number of halogens is 1. The standard InChI is InChI=1S/C17H13BrN4S/c18-14-6-5-13(23-14)15-11-4-2-1-3-10(11)12(7-19)16(22)17(15,8-20)9-21/h3,5-6,11,15H,1-2,4,22H2. The maximum atomic E-state index is 9.83. The molecule has 1 aromatic heterocycles. The third kappa shape index (κ3) is 2.20. The quantitative estimate of drug-likeness (QED) is 0.787. The van der Waals surface area contributed by atoms with Crippen LogP contribution in [0.5, 0.6) is 0 Å². The first-order chi connectivity index (χ1) is 11.1. The molecule has 2 N–H and O–H groups in total. The molecule has 4 nitrogen and oxygen atoms in total. The van der Waals surface area contributed by atoms with Gasteiger partial charge in [-0.25, -0.2) is 0 Å². The van der Waals surface area contributed by atoms with E-state index in [2.05, 4.69) is 34.1 Å². The van der Waals surface area contributed by atoms with Crippen LogP contribution in [-0.4, -0.2) is 0 Å². The molecule has 23 heavy (non-hydrogen) atoms. The summed E-state index contributed by atoms with van der Waals surface area (Å²) in [5, 5.41) is 29.2. The summed E-state index contributed by atoms with van der Waals surface area (Å²) in [6, 6.07) is 10.3. The molecule has 0 saturated carbocycles. The van der Waals surface area contributed by atoms with Crippen molar-refractivity contribution in [2.45, 2.75) is 25.2 Å². The minimum Gasteiger partial charge on any atom is -0.399 e. The van der Waals surface area contributed by atoms with Crippen LogP contribution < -0.4 is 5.73 Å². The predicted octanol–water partition coefficient (Wildman–Crippen LogP) is 4.10. The molecular weight excluding hydrogens is 372 g/mol. The maximum Gasteiger partial charge on any atom is 0.192 e. The molecule has 0 fully saturated rings. The first-order valence-corrected chi connectivity index (χ1v) is 8.88. The molecule has 114 valence electrons. The fraction of sp³-hybridized carbons (Fsp3) is 0.353. The zero-order chi connectivity index (χ0) is 16.6. The van der Waals surface area contributed by atoms with Gasteiger partial charge in [-0.3, -0.25) is 0 Å². The first kappa shape index (κ1) is 15.8. The van der Waals surface area contributed by atoms with Crippen molar-refractivity contribution in [2.75, 3.05) is 0 Å². The molecule has 2 aliphatic carbocycles. The third-order valence-electron chi connectivity index (χ3n) is 4.70. The van der Waals surface area contributed by atoms with Crippen LogP contribution in [0.25, 0.3) is 0 Å². The van der Waals surface area contributed by atoms with Crippen LogP contribution in [0.1, 0.15) is 30.1 Å². The molecule has 0 saturated heterocycles. The summed E-state index contributed by atoms with van der Waals surface area (Å²) < 4.78 is 0.951. The van der Waals surface area contributed by atoms with Crippen molar-refractivity contribution in [1.82, 2.24) is 0 Å². The second kappa shape index (κ2) is 5.85. The van der Waals surface area contributed by atoms with Gasteiger partial charge in [-0.2, -0.15) is 15.8 Å². The normalized spacial score (nSPS) is 25.6. The van der Waals surface area contributed by atoms with Gasteiger partial charge in [-0.15, -0.1) is 11.3 Å². The zero-order valence-corrected chi connectivity index (χ0v) is 14.6.